The number of carbonyl (C=O) groups is 2. The number of hydrogen-bond donors (Lipinski definition) is 1. The Morgan fingerprint density at radius 2 is 1.71 bits per heavy atom. The van der Waals surface area contributed by atoms with Gasteiger partial charge in [0.25, 0.3) is 11.8 Å². The van der Waals surface area contributed by atoms with E-state index in [0.717, 1.165) is 35.3 Å². The highest BCUT2D eigenvalue weighted by Crippen LogP contribution is 2.18. The zero-order valence-electron chi connectivity index (χ0n) is 20.0. The topological polar surface area (TPSA) is 65.5 Å². The Morgan fingerprint density at radius 3 is 2.38 bits per heavy atom. The van der Waals surface area contributed by atoms with E-state index in [1.165, 1.54) is 5.56 Å². The zero-order valence-corrected chi connectivity index (χ0v) is 20.0. The molecule has 34 heavy (non-hydrogen) atoms. The van der Waals surface area contributed by atoms with Crippen molar-refractivity contribution in [2.45, 2.75) is 26.7 Å². The lowest BCUT2D eigenvalue weighted by atomic mass is 10.0. The van der Waals surface area contributed by atoms with Gasteiger partial charge in [0.2, 0.25) is 0 Å². The van der Waals surface area contributed by atoms with Crippen molar-refractivity contribution in [3.63, 3.8) is 0 Å². The first-order valence-electron chi connectivity index (χ1n) is 11.9. The highest BCUT2D eigenvalue weighted by Gasteiger charge is 2.24. The van der Waals surface area contributed by atoms with E-state index in [4.69, 9.17) is 0 Å². The molecule has 0 unspecified atom stereocenters. The average molecular weight is 457 g/mol. The van der Waals surface area contributed by atoms with Crippen LogP contribution in [0.15, 0.2) is 66.9 Å². The Labute approximate surface area is 201 Å². The first-order chi connectivity index (χ1) is 16.5. The number of nitrogens with zero attached hydrogens (tertiary/aromatic N) is 3. The number of anilines is 1. The molecule has 1 aromatic heterocycles. The average Bonchev–Trinajstić information content (AvgIpc) is 2.87. The molecular weight excluding hydrogens is 424 g/mol. The van der Waals surface area contributed by atoms with Crippen LogP contribution in [0.4, 0.5) is 5.82 Å². The van der Waals surface area contributed by atoms with Crippen molar-refractivity contribution >= 4 is 17.6 Å². The van der Waals surface area contributed by atoms with Gasteiger partial charge in [0.05, 0.1) is 5.56 Å². The molecule has 1 aliphatic heterocycles. The maximum absolute atomic E-state index is 12.9. The number of rotatable bonds is 7. The monoisotopic (exact) mass is 456 g/mol. The summed E-state index contributed by atoms with van der Waals surface area (Å²) in [7, 11) is 0. The van der Waals surface area contributed by atoms with Gasteiger partial charge < -0.3 is 15.1 Å². The molecule has 0 aliphatic carbocycles. The molecule has 1 saturated heterocycles. The van der Waals surface area contributed by atoms with Gasteiger partial charge in [0.1, 0.15) is 5.82 Å². The molecule has 0 bridgehead atoms. The van der Waals surface area contributed by atoms with Crippen LogP contribution in [0.3, 0.4) is 0 Å². The summed E-state index contributed by atoms with van der Waals surface area (Å²) in [6.45, 7) is 7.39. The van der Waals surface area contributed by atoms with Gasteiger partial charge >= 0.3 is 0 Å². The van der Waals surface area contributed by atoms with Crippen LogP contribution in [0.5, 0.6) is 0 Å². The van der Waals surface area contributed by atoms with Gasteiger partial charge in [-0.3, -0.25) is 9.59 Å². The molecule has 0 radical (unpaired) electrons. The van der Waals surface area contributed by atoms with Gasteiger partial charge in [0, 0.05) is 44.5 Å². The van der Waals surface area contributed by atoms with E-state index in [-0.39, 0.29) is 11.8 Å². The van der Waals surface area contributed by atoms with E-state index in [0.29, 0.717) is 38.3 Å². The number of aromatic nitrogens is 1. The van der Waals surface area contributed by atoms with Gasteiger partial charge in [-0.25, -0.2) is 4.98 Å². The summed E-state index contributed by atoms with van der Waals surface area (Å²) in [4.78, 5) is 33.9. The normalized spacial score (nSPS) is 13.6. The van der Waals surface area contributed by atoms with E-state index in [2.05, 4.69) is 27.3 Å². The summed E-state index contributed by atoms with van der Waals surface area (Å²) in [5.74, 6) is 0.819. The van der Waals surface area contributed by atoms with Crippen LogP contribution in [0.1, 0.15) is 43.8 Å². The lowest BCUT2D eigenvalue weighted by Crippen LogP contribution is -2.49. The number of amides is 2. The van der Waals surface area contributed by atoms with Gasteiger partial charge in [-0.05, 0) is 56.0 Å². The Balaban J connectivity index is 1.25. The number of nitrogens with one attached hydrogen (secondary N) is 1. The standard InChI is InChI=1S/C28H32N4O2/c1-21-10-12-25(22(2)19-21)28(34)32-17-15-31(16-18-32)26-13-11-24(20-30-26)27(33)29-14-6-9-23-7-4-3-5-8-23/h3-5,7-8,10-13,19-20H,6,9,14-18H2,1-2H3,(H,29,33). The summed E-state index contributed by atoms with van der Waals surface area (Å²) < 4.78 is 0. The second-order valence-electron chi connectivity index (χ2n) is 8.85. The van der Waals surface area contributed by atoms with Crippen LogP contribution < -0.4 is 10.2 Å². The summed E-state index contributed by atoms with van der Waals surface area (Å²) >= 11 is 0. The van der Waals surface area contributed by atoms with Gasteiger partial charge in [-0.2, -0.15) is 0 Å². The third-order valence-corrected chi connectivity index (χ3v) is 6.28. The third kappa shape index (κ3) is 5.81. The summed E-state index contributed by atoms with van der Waals surface area (Å²) in [5.41, 5.74) is 4.79. The van der Waals surface area contributed by atoms with E-state index >= 15 is 0 Å². The molecule has 1 aliphatic rings. The van der Waals surface area contributed by atoms with Crippen LogP contribution in [-0.2, 0) is 6.42 Å². The lowest BCUT2D eigenvalue weighted by molar-refractivity contribution is 0.0745. The van der Waals surface area contributed by atoms with Gasteiger partial charge in [-0.1, -0.05) is 48.0 Å². The Kier molecular flexibility index (Phi) is 7.58. The molecule has 0 spiro atoms. The lowest BCUT2D eigenvalue weighted by Gasteiger charge is -2.35. The fourth-order valence-corrected chi connectivity index (χ4v) is 4.31. The minimum absolute atomic E-state index is 0.0874. The van der Waals surface area contributed by atoms with Crippen molar-refractivity contribution in [3.05, 3.63) is 94.7 Å². The highest BCUT2D eigenvalue weighted by molar-refractivity contribution is 5.96. The van der Waals surface area contributed by atoms with Crippen LogP contribution in [0, 0.1) is 13.8 Å². The minimum atomic E-state index is -0.101. The molecule has 2 amide bonds. The molecule has 1 fully saturated rings. The van der Waals surface area contributed by atoms with E-state index in [9.17, 15) is 9.59 Å². The van der Waals surface area contributed by atoms with Crippen LogP contribution in [-0.4, -0.2) is 54.4 Å². The van der Waals surface area contributed by atoms with Crippen molar-refractivity contribution in [3.8, 4) is 0 Å². The molecule has 0 saturated carbocycles. The zero-order chi connectivity index (χ0) is 23.9. The molecule has 6 nitrogen and oxygen atoms in total. The fourth-order valence-electron chi connectivity index (χ4n) is 4.31. The second kappa shape index (κ2) is 11.0. The molecule has 176 valence electrons. The Hall–Kier alpha value is -3.67. The molecule has 4 rings (SSSR count). The number of piperazine rings is 1. The number of aryl methyl sites for hydroxylation is 3. The summed E-state index contributed by atoms with van der Waals surface area (Å²) in [6, 6.07) is 19.9. The summed E-state index contributed by atoms with van der Waals surface area (Å²) in [5, 5.41) is 2.97. The van der Waals surface area contributed by atoms with Crippen molar-refractivity contribution < 1.29 is 9.59 Å². The predicted octanol–water partition coefficient (Wildman–Crippen LogP) is 4.02. The summed E-state index contributed by atoms with van der Waals surface area (Å²) in [6.07, 6.45) is 3.47. The Bertz CT molecular complexity index is 1120. The number of pyridine rings is 1. The van der Waals surface area contributed by atoms with E-state index in [1.54, 1.807) is 6.20 Å². The van der Waals surface area contributed by atoms with Gasteiger partial charge in [0.15, 0.2) is 0 Å². The predicted molar refractivity (Wildman–Crippen MR) is 135 cm³/mol. The molecule has 6 heteroatoms. The molecule has 0 atom stereocenters. The van der Waals surface area contributed by atoms with Crippen LogP contribution in [0.2, 0.25) is 0 Å². The van der Waals surface area contributed by atoms with Crippen LogP contribution in [0.25, 0.3) is 0 Å². The molecule has 3 aromatic rings. The van der Waals surface area contributed by atoms with Crippen molar-refractivity contribution in [2.75, 3.05) is 37.6 Å². The van der Waals surface area contributed by atoms with Gasteiger partial charge in [-0.15, -0.1) is 0 Å². The first-order valence-corrected chi connectivity index (χ1v) is 11.9. The van der Waals surface area contributed by atoms with Crippen LogP contribution >= 0.6 is 0 Å². The quantitative estimate of drug-likeness (QED) is 0.546. The van der Waals surface area contributed by atoms with E-state index in [1.807, 2.05) is 67.3 Å². The number of hydrogen-bond acceptors (Lipinski definition) is 4. The Morgan fingerprint density at radius 1 is 0.941 bits per heavy atom. The largest absolute Gasteiger partial charge is 0.353 e. The smallest absolute Gasteiger partial charge is 0.254 e. The highest BCUT2D eigenvalue weighted by atomic mass is 16.2. The maximum atomic E-state index is 12.9. The third-order valence-electron chi connectivity index (χ3n) is 6.28. The molecule has 1 N–H and O–H groups in total. The molecule has 2 aromatic carbocycles. The number of carbonyl (C=O) groups excluding carboxylic acids is 2. The van der Waals surface area contributed by atoms with Crippen molar-refractivity contribution in [1.29, 1.82) is 0 Å². The SMILES string of the molecule is Cc1ccc(C(=O)N2CCN(c3ccc(C(=O)NCCCc4ccccc4)cn3)CC2)c(C)c1. The van der Waals surface area contributed by atoms with Crippen molar-refractivity contribution in [2.24, 2.45) is 0 Å². The number of benzene rings is 2. The fraction of sp³-hybridized carbons (Fsp3) is 0.321. The molecular formula is C28H32N4O2. The first kappa shape index (κ1) is 23.5. The molecule has 2 heterocycles. The maximum Gasteiger partial charge on any atom is 0.254 e. The second-order valence-corrected chi connectivity index (χ2v) is 8.85. The minimum Gasteiger partial charge on any atom is -0.353 e. The van der Waals surface area contributed by atoms with E-state index < -0.39 is 0 Å². The van der Waals surface area contributed by atoms with Crippen molar-refractivity contribution in [1.82, 2.24) is 15.2 Å².